The number of esters is 1. The van der Waals surface area contributed by atoms with Crippen molar-refractivity contribution in [1.29, 1.82) is 0 Å². The number of amides is 1. The van der Waals surface area contributed by atoms with Crippen LogP contribution in [-0.2, 0) is 16.1 Å². The van der Waals surface area contributed by atoms with E-state index in [1.54, 1.807) is 23.6 Å². The number of aromatic nitrogens is 1. The Hall–Kier alpha value is -4.39. The number of benzene rings is 3. The number of unbranched alkanes of at least 4 members (excludes halogenated alkanes) is 2. The third-order valence-electron chi connectivity index (χ3n) is 6.24. The second-order valence-electron chi connectivity index (χ2n) is 8.76. The van der Waals surface area contributed by atoms with Crippen LogP contribution >= 0.6 is 0 Å². The molecule has 37 heavy (non-hydrogen) atoms. The number of nitrogens with zero attached hydrogens (tertiary/aromatic N) is 1. The van der Waals surface area contributed by atoms with Crippen molar-refractivity contribution in [1.82, 2.24) is 4.57 Å². The Morgan fingerprint density at radius 1 is 0.892 bits per heavy atom. The third-order valence-corrected chi connectivity index (χ3v) is 6.24. The lowest BCUT2D eigenvalue weighted by atomic mass is 9.95. The summed E-state index contributed by atoms with van der Waals surface area (Å²) < 4.78 is 6.95. The lowest BCUT2D eigenvalue weighted by Crippen LogP contribution is -2.29. The molecule has 0 unspecified atom stereocenters. The number of fused-ring (bicyclic) bond motifs is 1. The summed E-state index contributed by atoms with van der Waals surface area (Å²) in [5, 5.41) is 3.65. The molecule has 4 rings (SSSR count). The highest BCUT2D eigenvalue weighted by molar-refractivity contribution is 6.07. The third kappa shape index (κ3) is 5.89. The van der Waals surface area contributed by atoms with Gasteiger partial charge in [-0.1, -0.05) is 67.1 Å². The van der Waals surface area contributed by atoms with Crippen LogP contribution < -0.4 is 16.6 Å². The smallest absolute Gasteiger partial charge is 0.344 e. The molecule has 190 valence electrons. The van der Waals surface area contributed by atoms with Crippen LogP contribution in [-0.4, -0.2) is 23.1 Å². The molecular formula is C30H31N3O4. The first kappa shape index (κ1) is 25.7. The molecule has 0 bridgehead atoms. The highest BCUT2D eigenvalue weighted by Gasteiger charge is 2.24. The maximum Gasteiger partial charge on any atom is 0.344 e. The van der Waals surface area contributed by atoms with Crippen LogP contribution in [0.5, 0.6) is 0 Å². The highest BCUT2D eigenvalue weighted by atomic mass is 16.5. The van der Waals surface area contributed by atoms with Crippen molar-refractivity contribution in [3.8, 4) is 11.1 Å². The van der Waals surface area contributed by atoms with Gasteiger partial charge in [0.15, 0.2) is 0 Å². The molecule has 0 aliphatic heterocycles. The maximum absolute atomic E-state index is 13.7. The minimum absolute atomic E-state index is 0.0478. The Bertz CT molecular complexity index is 1460. The van der Waals surface area contributed by atoms with Gasteiger partial charge in [0.25, 0.3) is 5.56 Å². The van der Waals surface area contributed by atoms with Gasteiger partial charge in [0.1, 0.15) is 5.56 Å². The summed E-state index contributed by atoms with van der Waals surface area (Å²) in [7, 11) is 0. The molecule has 0 saturated heterocycles. The number of pyridine rings is 1. The normalized spacial score (nSPS) is 10.8. The van der Waals surface area contributed by atoms with Crippen molar-refractivity contribution in [2.24, 2.45) is 0 Å². The lowest BCUT2D eigenvalue weighted by Gasteiger charge is -2.17. The molecule has 0 saturated carbocycles. The number of hydrogen-bond acceptors (Lipinski definition) is 5. The molecule has 0 fully saturated rings. The standard InChI is InChI=1S/C30H31N3O4/c1-2-37-30(36)28-27(21-13-5-3-6-14-21)22-15-8-11-18-25(22)33(29(28)35)20-12-4-7-19-26(34)32-24-17-10-9-16-23(24)31/h3,5-6,8-11,13-18H,2,4,7,12,19-20,31H2,1H3,(H,32,34). The number of nitrogen functional groups attached to an aromatic ring is 1. The van der Waals surface area contributed by atoms with Crippen LogP contribution in [0.2, 0.25) is 0 Å². The highest BCUT2D eigenvalue weighted by Crippen LogP contribution is 2.31. The van der Waals surface area contributed by atoms with Crippen LogP contribution in [0.3, 0.4) is 0 Å². The SMILES string of the molecule is CCOC(=O)c1c(-c2ccccc2)c2ccccc2n(CCCCCC(=O)Nc2ccccc2N)c1=O. The number of hydrogen-bond donors (Lipinski definition) is 2. The van der Waals surface area contributed by atoms with Gasteiger partial charge in [0.2, 0.25) is 5.91 Å². The molecule has 1 aromatic heterocycles. The van der Waals surface area contributed by atoms with E-state index in [1.807, 2.05) is 66.7 Å². The molecule has 0 aliphatic rings. The molecule has 0 aliphatic carbocycles. The van der Waals surface area contributed by atoms with Gasteiger partial charge in [-0.05, 0) is 43.5 Å². The van der Waals surface area contributed by atoms with Crippen LogP contribution in [0.4, 0.5) is 11.4 Å². The fourth-order valence-corrected chi connectivity index (χ4v) is 4.48. The minimum Gasteiger partial charge on any atom is -0.462 e. The molecule has 3 N–H and O–H groups in total. The predicted molar refractivity (Wildman–Crippen MR) is 148 cm³/mol. The Morgan fingerprint density at radius 3 is 2.35 bits per heavy atom. The average molecular weight is 498 g/mol. The van der Waals surface area contributed by atoms with E-state index in [1.165, 1.54) is 0 Å². The number of carbonyl (C=O) groups excluding carboxylic acids is 2. The second kappa shape index (κ2) is 12.0. The van der Waals surface area contributed by atoms with Crippen LogP contribution in [0.15, 0.2) is 83.7 Å². The first-order valence-corrected chi connectivity index (χ1v) is 12.5. The number of nitrogens with two attached hydrogens (primary N) is 1. The number of rotatable bonds is 10. The van der Waals surface area contributed by atoms with E-state index < -0.39 is 5.97 Å². The zero-order valence-corrected chi connectivity index (χ0v) is 20.9. The van der Waals surface area contributed by atoms with Crippen molar-refractivity contribution in [2.45, 2.75) is 39.2 Å². The number of nitrogens with one attached hydrogen (secondary N) is 1. The van der Waals surface area contributed by atoms with Crippen LogP contribution in [0.1, 0.15) is 43.0 Å². The quantitative estimate of drug-likeness (QED) is 0.168. The topological polar surface area (TPSA) is 103 Å². The van der Waals surface area contributed by atoms with E-state index >= 15 is 0 Å². The monoisotopic (exact) mass is 497 g/mol. The molecule has 0 radical (unpaired) electrons. The summed E-state index contributed by atoms with van der Waals surface area (Å²) in [4.78, 5) is 39.0. The fraction of sp³-hybridized carbons (Fsp3) is 0.233. The Morgan fingerprint density at radius 2 is 1.59 bits per heavy atom. The molecule has 0 atom stereocenters. The molecule has 1 amide bonds. The van der Waals surface area contributed by atoms with E-state index in [-0.39, 0.29) is 23.6 Å². The number of para-hydroxylation sites is 3. The van der Waals surface area contributed by atoms with E-state index in [0.717, 1.165) is 22.9 Å². The van der Waals surface area contributed by atoms with Gasteiger partial charge in [0, 0.05) is 23.9 Å². The van der Waals surface area contributed by atoms with Gasteiger partial charge in [-0.15, -0.1) is 0 Å². The maximum atomic E-state index is 13.7. The number of carbonyl (C=O) groups is 2. The van der Waals surface area contributed by atoms with Crippen molar-refractivity contribution >= 4 is 34.2 Å². The summed E-state index contributed by atoms with van der Waals surface area (Å²) in [6, 6.07) is 24.2. The first-order valence-electron chi connectivity index (χ1n) is 12.5. The van der Waals surface area contributed by atoms with Gasteiger partial charge >= 0.3 is 5.97 Å². The van der Waals surface area contributed by atoms with E-state index in [4.69, 9.17) is 10.5 Å². The van der Waals surface area contributed by atoms with Crippen molar-refractivity contribution in [2.75, 3.05) is 17.7 Å². The summed E-state index contributed by atoms with van der Waals surface area (Å²) in [5.74, 6) is -0.722. The van der Waals surface area contributed by atoms with E-state index in [2.05, 4.69) is 5.32 Å². The summed E-state index contributed by atoms with van der Waals surface area (Å²) in [6.07, 6.45) is 2.44. The predicted octanol–water partition coefficient (Wildman–Crippen LogP) is 5.63. The number of anilines is 2. The Kier molecular flexibility index (Phi) is 8.36. The van der Waals surface area contributed by atoms with Gasteiger partial charge in [-0.25, -0.2) is 4.79 Å². The number of ether oxygens (including phenoxy) is 1. The summed E-state index contributed by atoms with van der Waals surface area (Å²) >= 11 is 0. The van der Waals surface area contributed by atoms with Gasteiger partial charge in [-0.3, -0.25) is 9.59 Å². The first-order chi connectivity index (χ1) is 18.0. The minimum atomic E-state index is -0.622. The Labute approximate surface area is 215 Å². The van der Waals surface area contributed by atoms with Crippen LogP contribution in [0.25, 0.3) is 22.0 Å². The number of aryl methyl sites for hydroxylation is 1. The Balaban J connectivity index is 1.54. The fourth-order valence-electron chi connectivity index (χ4n) is 4.48. The summed E-state index contributed by atoms with van der Waals surface area (Å²) in [6.45, 7) is 2.33. The summed E-state index contributed by atoms with van der Waals surface area (Å²) in [5.41, 5.74) is 8.84. The second-order valence-corrected chi connectivity index (χ2v) is 8.76. The molecule has 7 nitrogen and oxygen atoms in total. The average Bonchev–Trinajstić information content (AvgIpc) is 2.91. The van der Waals surface area contributed by atoms with Gasteiger partial charge in [0.05, 0.1) is 23.5 Å². The van der Waals surface area contributed by atoms with Crippen LogP contribution in [0, 0.1) is 0 Å². The van der Waals surface area contributed by atoms with Gasteiger partial charge in [-0.2, -0.15) is 0 Å². The molecule has 0 spiro atoms. The lowest BCUT2D eigenvalue weighted by molar-refractivity contribution is -0.116. The van der Waals surface area contributed by atoms with Crippen molar-refractivity contribution in [3.05, 3.63) is 94.8 Å². The van der Waals surface area contributed by atoms with E-state index in [0.29, 0.717) is 42.7 Å². The molecule has 7 heteroatoms. The zero-order chi connectivity index (χ0) is 26.2. The van der Waals surface area contributed by atoms with Gasteiger partial charge < -0.3 is 20.4 Å². The van der Waals surface area contributed by atoms with Crippen molar-refractivity contribution in [3.63, 3.8) is 0 Å². The molecule has 3 aromatic carbocycles. The van der Waals surface area contributed by atoms with E-state index in [9.17, 15) is 14.4 Å². The molecular weight excluding hydrogens is 466 g/mol. The molecule has 1 heterocycles. The molecule has 4 aromatic rings. The largest absolute Gasteiger partial charge is 0.462 e. The van der Waals surface area contributed by atoms with Crippen molar-refractivity contribution < 1.29 is 14.3 Å². The zero-order valence-electron chi connectivity index (χ0n) is 20.9.